The van der Waals surface area contributed by atoms with Crippen molar-refractivity contribution in [2.45, 2.75) is 45.1 Å². The summed E-state index contributed by atoms with van der Waals surface area (Å²) in [5.74, 6) is -0.0691. The molecule has 1 amide bonds. The largest absolute Gasteiger partial charge is 0.481 e. The first kappa shape index (κ1) is 15.8. The Bertz CT molecular complexity index is 510. The van der Waals surface area contributed by atoms with Gasteiger partial charge in [-0.05, 0) is 19.3 Å². The van der Waals surface area contributed by atoms with E-state index < -0.39 is 5.97 Å². The highest BCUT2D eigenvalue weighted by atomic mass is 35.5. The second-order valence-electron chi connectivity index (χ2n) is 5.23. The number of hydrogen-bond donors (Lipinski definition) is 1. The molecule has 1 aliphatic rings. The highest BCUT2D eigenvalue weighted by molar-refractivity contribution is 6.29. The van der Waals surface area contributed by atoms with Gasteiger partial charge in [-0.15, -0.1) is 0 Å². The summed E-state index contributed by atoms with van der Waals surface area (Å²) in [6.45, 7) is 1.96. The Morgan fingerprint density at radius 2 is 1.95 bits per heavy atom. The van der Waals surface area contributed by atoms with Crippen molar-refractivity contribution < 1.29 is 14.7 Å². The topological polar surface area (TPSA) is 75.4 Å². The van der Waals surface area contributed by atoms with Crippen LogP contribution in [0.25, 0.3) is 0 Å². The van der Waals surface area contributed by atoms with Crippen LogP contribution in [0.3, 0.4) is 0 Å². The molecular formula is C14H20ClN3O3. The SMILES string of the molecule is O=C(O)CCn1c(Cl)cnc1CCC(=O)N1CCCCC1. The van der Waals surface area contributed by atoms with E-state index in [1.807, 2.05) is 4.90 Å². The standard InChI is InChI=1S/C14H20ClN3O3/c15-11-10-16-12(18(11)9-6-14(20)21)4-5-13(19)17-7-2-1-3-8-17/h10H,1-9H2,(H,20,21). The molecule has 0 spiro atoms. The van der Waals surface area contributed by atoms with Crippen LogP contribution in [-0.4, -0.2) is 44.5 Å². The lowest BCUT2D eigenvalue weighted by atomic mass is 10.1. The summed E-state index contributed by atoms with van der Waals surface area (Å²) in [6, 6.07) is 0. The summed E-state index contributed by atoms with van der Waals surface area (Å²) in [5, 5.41) is 9.16. The molecule has 7 heteroatoms. The predicted molar refractivity (Wildman–Crippen MR) is 78.2 cm³/mol. The Labute approximate surface area is 128 Å². The van der Waals surface area contributed by atoms with Gasteiger partial charge in [0.25, 0.3) is 0 Å². The molecule has 116 valence electrons. The van der Waals surface area contributed by atoms with E-state index in [4.69, 9.17) is 16.7 Å². The maximum absolute atomic E-state index is 12.1. The molecule has 2 heterocycles. The number of aryl methyl sites for hydroxylation is 1. The molecule has 0 aromatic carbocycles. The van der Waals surface area contributed by atoms with Crippen molar-refractivity contribution in [1.82, 2.24) is 14.5 Å². The number of likely N-dealkylation sites (tertiary alicyclic amines) is 1. The van der Waals surface area contributed by atoms with Crippen molar-refractivity contribution in [1.29, 1.82) is 0 Å². The second kappa shape index (κ2) is 7.45. The van der Waals surface area contributed by atoms with E-state index in [0.717, 1.165) is 25.9 Å². The maximum atomic E-state index is 12.1. The Morgan fingerprint density at radius 1 is 1.24 bits per heavy atom. The molecule has 1 aromatic rings. The third-order valence-electron chi connectivity index (χ3n) is 3.71. The summed E-state index contributed by atoms with van der Waals surface area (Å²) < 4.78 is 1.67. The molecule has 1 aliphatic heterocycles. The van der Waals surface area contributed by atoms with Crippen LogP contribution in [0, 0.1) is 0 Å². The molecule has 1 saturated heterocycles. The number of carboxylic acid groups (broad SMARTS) is 1. The maximum Gasteiger partial charge on any atom is 0.305 e. The van der Waals surface area contributed by atoms with Gasteiger partial charge in [-0.25, -0.2) is 4.98 Å². The average molecular weight is 314 g/mol. The molecule has 0 radical (unpaired) electrons. The number of rotatable bonds is 6. The van der Waals surface area contributed by atoms with Gasteiger partial charge in [-0.1, -0.05) is 11.6 Å². The molecule has 0 aliphatic carbocycles. The number of amides is 1. The van der Waals surface area contributed by atoms with Gasteiger partial charge >= 0.3 is 5.97 Å². The smallest absolute Gasteiger partial charge is 0.305 e. The number of carbonyl (C=O) groups is 2. The van der Waals surface area contributed by atoms with E-state index in [1.165, 1.54) is 12.6 Å². The highest BCUT2D eigenvalue weighted by Gasteiger charge is 2.18. The lowest BCUT2D eigenvalue weighted by molar-refractivity contribution is -0.137. The number of hydrogen-bond acceptors (Lipinski definition) is 3. The quantitative estimate of drug-likeness (QED) is 0.871. The molecule has 2 rings (SSSR count). The summed E-state index contributed by atoms with van der Waals surface area (Å²) >= 11 is 6.00. The molecular weight excluding hydrogens is 294 g/mol. The number of halogens is 1. The summed E-state index contributed by atoms with van der Waals surface area (Å²) in [4.78, 5) is 28.8. The van der Waals surface area contributed by atoms with Gasteiger partial charge in [0.1, 0.15) is 11.0 Å². The van der Waals surface area contributed by atoms with Crippen LogP contribution in [0.15, 0.2) is 6.20 Å². The van der Waals surface area contributed by atoms with Crippen LogP contribution in [-0.2, 0) is 22.6 Å². The first-order valence-electron chi connectivity index (χ1n) is 7.27. The number of carboxylic acids is 1. The van der Waals surface area contributed by atoms with Crippen molar-refractivity contribution in [2.24, 2.45) is 0 Å². The van der Waals surface area contributed by atoms with Crippen LogP contribution in [0.1, 0.15) is 37.9 Å². The van der Waals surface area contributed by atoms with Gasteiger partial charge in [0.15, 0.2) is 0 Å². The normalized spacial score (nSPS) is 15.2. The highest BCUT2D eigenvalue weighted by Crippen LogP contribution is 2.15. The number of piperidine rings is 1. The van der Waals surface area contributed by atoms with Gasteiger partial charge in [0.2, 0.25) is 5.91 Å². The van der Waals surface area contributed by atoms with Crippen LogP contribution >= 0.6 is 11.6 Å². The van der Waals surface area contributed by atoms with Crippen molar-refractivity contribution in [3.63, 3.8) is 0 Å². The fourth-order valence-electron chi connectivity index (χ4n) is 2.55. The Kier molecular flexibility index (Phi) is 5.61. The van der Waals surface area contributed by atoms with Crippen molar-refractivity contribution in [3.05, 3.63) is 17.2 Å². The molecule has 0 bridgehead atoms. The van der Waals surface area contributed by atoms with Crippen LogP contribution < -0.4 is 0 Å². The van der Waals surface area contributed by atoms with Gasteiger partial charge < -0.3 is 14.6 Å². The minimum absolute atomic E-state index is 0.0108. The van der Waals surface area contributed by atoms with E-state index in [2.05, 4.69) is 4.98 Å². The molecule has 0 unspecified atom stereocenters. The lowest BCUT2D eigenvalue weighted by Crippen LogP contribution is -2.35. The van der Waals surface area contributed by atoms with Crippen LogP contribution in [0.2, 0.25) is 5.15 Å². The third kappa shape index (κ3) is 4.46. The fourth-order valence-corrected chi connectivity index (χ4v) is 2.78. The predicted octanol–water partition coefficient (Wildman–Crippen LogP) is 1.96. The first-order valence-corrected chi connectivity index (χ1v) is 7.65. The van der Waals surface area contributed by atoms with E-state index in [-0.39, 0.29) is 18.9 Å². The molecule has 6 nitrogen and oxygen atoms in total. The zero-order valence-corrected chi connectivity index (χ0v) is 12.7. The lowest BCUT2D eigenvalue weighted by Gasteiger charge is -2.26. The minimum Gasteiger partial charge on any atom is -0.481 e. The number of nitrogens with zero attached hydrogens (tertiary/aromatic N) is 3. The van der Waals surface area contributed by atoms with Crippen molar-refractivity contribution >= 4 is 23.5 Å². The molecule has 21 heavy (non-hydrogen) atoms. The van der Waals surface area contributed by atoms with E-state index in [1.54, 1.807) is 4.57 Å². The number of imidazole rings is 1. The Hall–Kier alpha value is -1.56. The third-order valence-corrected chi connectivity index (χ3v) is 4.01. The van der Waals surface area contributed by atoms with Crippen LogP contribution in [0.5, 0.6) is 0 Å². The van der Waals surface area contributed by atoms with Crippen molar-refractivity contribution in [2.75, 3.05) is 13.1 Å². The van der Waals surface area contributed by atoms with E-state index in [9.17, 15) is 9.59 Å². The van der Waals surface area contributed by atoms with Crippen molar-refractivity contribution in [3.8, 4) is 0 Å². The van der Waals surface area contributed by atoms with Gasteiger partial charge in [0.05, 0.1) is 12.6 Å². The average Bonchev–Trinajstić information content (AvgIpc) is 2.84. The van der Waals surface area contributed by atoms with Crippen LogP contribution in [0.4, 0.5) is 0 Å². The molecule has 0 atom stereocenters. The number of aliphatic carboxylic acids is 1. The molecule has 1 N–H and O–H groups in total. The summed E-state index contributed by atoms with van der Waals surface area (Å²) in [5.41, 5.74) is 0. The summed E-state index contributed by atoms with van der Waals surface area (Å²) in [6.07, 6.45) is 5.71. The first-order chi connectivity index (χ1) is 10.1. The minimum atomic E-state index is -0.880. The monoisotopic (exact) mass is 313 g/mol. The fraction of sp³-hybridized carbons (Fsp3) is 0.643. The Morgan fingerprint density at radius 3 is 2.62 bits per heavy atom. The number of carbonyl (C=O) groups excluding carboxylic acids is 1. The zero-order chi connectivity index (χ0) is 15.2. The van der Waals surface area contributed by atoms with E-state index >= 15 is 0 Å². The van der Waals surface area contributed by atoms with Gasteiger partial charge in [-0.2, -0.15) is 0 Å². The van der Waals surface area contributed by atoms with E-state index in [0.29, 0.717) is 23.8 Å². The molecule has 0 saturated carbocycles. The zero-order valence-electron chi connectivity index (χ0n) is 11.9. The number of aromatic nitrogens is 2. The Balaban J connectivity index is 1.90. The summed E-state index contributed by atoms with van der Waals surface area (Å²) in [7, 11) is 0. The second-order valence-corrected chi connectivity index (χ2v) is 5.62. The molecule has 1 aromatic heterocycles. The molecule has 1 fully saturated rings. The van der Waals surface area contributed by atoms with Gasteiger partial charge in [0, 0.05) is 32.5 Å². The van der Waals surface area contributed by atoms with Gasteiger partial charge in [-0.3, -0.25) is 9.59 Å².